The van der Waals surface area contributed by atoms with Gasteiger partial charge in [-0.05, 0) is 11.4 Å². The molecule has 3 heterocycles. The highest BCUT2D eigenvalue weighted by molar-refractivity contribution is 7.17. The third kappa shape index (κ3) is 2.04. The van der Waals surface area contributed by atoms with Gasteiger partial charge in [-0.15, -0.1) is 11.3 Å². The summed E-state index contributed by atoms with van der Waals surface area (Å²) in [5, 5.41) is 6.53. The highest BCUT2D eigenvalue weighted by atomic mass is 35.5. The summed E-state index contributed by atoms with van der Waals surface area (Å²) in [5.41, 5.74) is 0.747. The van der Waals surface area contributed by atoms with Gasteiger partial charge >= 0.3 is 0 Å². The largest absolute Gasteiger partial charge is 0.296 e. The number of hydrogen-bond donors (Lipinski definition) is 0. The van der Waals surface area contributed by atoms with Crippen LogP contribution in [0.3, 0.4) is 0 Å². The molecular weight excluding hydrogens is 272 g/mol. The predicted molar refractivity (Wildman–Crippen MR) is 71.1 cm³/mol. The predicted octanol–water partition coefficient (Wildman–Crippen LogP) is 2.01. The van der Waals surface area contributed by atoms with Crippen LogP contribution in [0.4, 0.5) is 0 Å². The molecule has 0 saturated heterocycles. The lowest BCUT2D eigenvalue weighted by atomic mass is 10.4. The second-order valence-corrected chi connectivity index (χ2v) is 5.15. The highest BCUT2D eigenvalue weighted by Crippen LogP contribution is 2.13. The molecule has 0 saturated carbocycles. The number of aromatic nitrogens is 4. The molecule has 0 aliphatic heterocycles. The molecule has 0 amide bonds. The van der Waals surface area contributed by atoms with Gasteiger partial charge in [0.25, 0.3) is 5.56 Å². The summed E-state index contributed by atoms with van der Waals surface area (Å²) in [6, 6.07) is 1.85. The topological polar surface area (TPSA) is 52.7 Å². The minimum Gasteiger partial charge on any atom is -0.296 e. The summed E-state index contributed by atoms with van der Waals surface area (Å²) in [6.07, 6.45) is 4.87. The van der Waals surface area contributed by atoms with Gasteiger partial charge in [-0.2, -0.15) is 5.10 Å². The average molecular weight is 281 g/mol. The maximum Gasteiger partial charge on any atom is 0.271 e. The molecule has 0 fully saturated rings. The van der Waals surface area contributed by atoms with E-state index in [0.717, 1.165) is 5.52 Å². The fourth-order valence-electron chi connectivity index (χ4n) is 1.71. The number of aryl methyl sites for hydroxylation is 2. The normalized spacial score (nSPS) is 11.2. The molecule has 18 heavy (non-hydrogen) atoms. The number of nitrogens with zero attached hydrogens (tertiary/aromatic N) is 4. The van der Waals surface area contributed by atoms with Crippen molar-refractivity contribution in [3.8, 4) is 0 Å². The molecule has 0 aliphatic carbocycles. The zero-order valence-electron chi connectivity index (χ0n) is 9.28. The second kappa shape index (κ2) is 4.55. The van der Waals surface area contributed by atoms with Gasteiger partial charge in [0.15, 0.2) is 0 Å². The lowest BCUT2D eigenvalue weighted by Gasteiger charge is -2.04. The van der Waals surface area contributed by atoms with E-state index in [1.54, 1.807) is 28.0 Å². The fraction of sp³-hybridized carbons (Fsp3) is 0.182. The van der Waals surface area contributed by atoms with Crippen molar-refractivity contribution >= 4 is 33.2 Å². The Morgan fingerprint density at radius 2 is 2.28 bits per heavy atom. The molecule has 0 aromatic carbocycles. The van der Waals surface area contributed by atoms with Crippen LogP contribution < -0.4 is 5.56 Å². The van der Waals surface area contributed by atoms with E-state index >= 15 is 0 Å². The summed E-state index contributed by atoms with van der Waals surface area (Å²) in [6.45, 7) is 1.11. The van der Waals surface area contributed by atoms with Crippen molar-refractivity contribution < 1.29 is 0 Å². The molecule has 0 bridgehead atoms. The Labute approximate surface area is 111 Å². The van der Waals surface area contributed by atoms with Crippen molar-refractivity contribution in [3.05, 3.63) is 45.5 Å². The molecule has 0 aliphatic rings. The number of fused-ring (bicyclic) bond motifs is 1. The fourth-order valence-corrected chi connectivity index (χ4v) is 2.66. The van der Waals surface area contributed by atoms with Crippen molar-refractivity contribution in [1.82, 2.24) is 19.3 Å². The Balaban J connectivity index is 1.86. The minimum atomic E-state index is -0.00625. The van der Waals surface area contributed by atoms with Crippen molar-refractivity contribution in [3.63, 3.8) is 0 Å². The summed E-state index contributed by atoms with van der Waals surface area (Å²) in [4.78, 5) is 16.3. The van der Waals surface area contributed by atoms with Crippen LogP contribution in [0.1, 0.15) is 0 Å². The molecule has 0 N–H and O–H groups in total. The van der Waals surface area contributed by atoms with Gasteiger partial charge in [-0.1, -0.05) is 11.6 Å². The van der Waals surface area contributed by atoms with E-state index < -0.39 is 0 Å². The third-order valence-corrected chi connectivity index (χ3v) is 3.69. The molecule has 3 aromatic rings. The first-order valence-electron chi connectivity index (χ1n) is 5.34. The molecule has 0 atom stereocenters. The van der Waals surface area contributed by atoms with E-state index in [4.69, 9.17) is 11.6 Å². The summed E-state index contributed by atoms with van der Waals surface area (Å²) >= 11 is 7.19. The van der Waals surface area contributed by atoms with Crippen molar-refractivity contribution in [2.24, 2.45) is 0 Å². The molecule has 3 rings (SSSR count). The van der Waals surface area contributed by atoms with Gasteiger partial charge in [0.1, 0.15) is 4.70 Å². The molecule has 92 valence electrons. The zero-order valence-corrected chi connectivity index (χ0v) is 10.9. The van der Waals surface area contributed by atoms with Crippen LogP contribution in [0.2, 0.25) is 5.02 Å². The minimum absolute atomic E-state index is 0.00625. The first-order chi connectivity index (χ1) is 8.74. The van der Waals surface area contributed by atoms with Crippen molar-refractivity contribution in [1.29, 1.82) is 0 Å². The molecule has 3 aromatic heterocycles. The SMILES string of the molecule is O=c1c2sccc2ncn1CCn1cc(Cl)cn1. The van der Waals surface area contributed by atoms with E-state index in [-0.39, 0.29) is 5.56 Å². The highest BCUT2D eigenvalue weighted by Gasteiger charge is 2.05. The maximum absolute atomic E-state index is 12.1. The number of halogens is 1. The van der Waals surface area contributed by atoms with Gasteiger partial charge in [0.05, 0.1) is 29.6 Å². The number of rotatable bonds is 3. The molecule has 0 unspecified atom stereocenters. The van der Waals surface area contributed by atoms with Gasteiger partial charge in [0, 0.05) is 12.7 Å². The smallest absolute Gasteiger partial charge is 0.271 e. The van der Waals surface area contributed by atoms with Crippen LogP contribution in [0.25, 0.3) is 10.2 Å². The summed E-state index contributed by atoms with van der Waals surface area (Å²) in [5.74, 6) is 0. The van der Waals surface area contributed by atoms with Gasteiger partial charge in [-0.25, -0.2) is 4.98 Å². The first-order valence-corrected chi connectivity index (χ1v) is 6.60. The van der Waals surface area contributed by atoms with Crippen LogP contribution in [0, 0.1) is 0 Å². The molecular formula is C11H9ClN4OS. The van der Waals surface area contributed by atoms with E-state index in [2.05, 4.69) is 10.1 Å². The second-order valence-electron chi connectivity index (χ2n) is 3.80. The average Bonchev–Trinajstić information content (AvgIpc) is 2.97. The lowest BCUT2D eigenvalue weighted by Crippen LogP contribution is -2.22. The van der Waals surface area contributed by atoms with Crippen LogP contribution in [0.5, 0.6) is 0 Å². The monoisotopic (exact) mass is 280 g/mol. The van der Waals surface area contributed by atoms with E-state index in [1.807, 2.05) is 11.4 Å². The molecule has 7 heteroatoms. The van der Waals surface area contributed by atoms with Crippen molar-refractivity contribution in [2.45, 2.75) is 13.1 Å². The van der Waals surface area contributed by atoms with Gasteiger partial charge < -0.3 is 0 Å². The number of thiophene rings is 1. The van der Waals surface area contributed by atoms with Crippen molar-refractivity contribution in [2.75, 3.05) is 0 Å². The quantitative estimate of drug-likeness (QED) is 0.737. The Bertz CT molecular complexity index is 745. The van der Waals surface area contributed by atoms with Gasteiger partial charge in [0.2, 0.25) is 0 Å². The first kappa shape index (κ1) is 11.4. The Kier molecular flexibility index (Phi) is 2.89. The van der Waals surface area contributed by atoms with E-state index in [9.17, 15) is 4.79 Å². The molecule has 0 radical (unpaired) electrons. The van der Waals surface area contributed by atoms with Crippen LogP contribution >= 0.6 is 22.9 Å². The summed E-state index contributed by atoms with van der Waals surface area (Å²) < 4.78 is 3.98. The molecule has 0 spiro atoms. The number of hydrogen-bond acceptors (Lipinski definition) is 4. The standard InChI is InChI=1S/C11H9ClN4OS/c12-8-5-14-16(6-8)3-2-15-7-13-9-1-4-18-10(9)11(15)17/h1,4-7H,2-3H2. The van der Waals surface area contributed by atoms with Crippen LogP contribution in [-0.2, 0) is 13.1 Å². The van der Waals surface area contributed by atoms with Gasteiger partial charge in [-0.3, -0.25) is 14.0 Å². The Morgan fingerprint density at radius 1 is 1.39 bits per heavy atom. The molecule has 5 nitrogen and oxygen atoms in total. The zero-order chi connectivity index (χ0) is 12.5. The van der Waals surface area contributed by atoms with E-state index in [0.29, 0.717) is 22.8 Å². The van der Waals surface area contributed by atoms with Crippen LogP contribution in [0.15, 0.2) is 35.0 Å². The van der Waals surface area contributed by atoms with E-state index in [1.165, 1.54) is 11.3 Å². The maximum atomic E-state index is 12.1. The Hall–Kier alpha value is -1.66. The summed E-state index contributed by atoms with van der Waals surface area (Å²) in [7, 11) is 0. The lowest BCUT2D eigenvalue weighted by molar-refractivity contribution is 0.522. The third-order valence-electron chi connectivity index (χ3n) is 2.61. The Morgan fingerprint density at radius 3 is 3.06 bits per heavy atom. The van der Waals surface area contributed by atoms with Crippen LogP contribution in [-0.4, -0.2) is 19.3 Å².